The summed E-state index contributed by atoms with van der Waals surface area (Å²) >= 11 is 0. The maximum atomic E-state index is 13.8. The molecule has 1 aliphatic rings. The first kappa shape index (κ1) is 25.2. The molecule has 1 N–H and O–H groups in total. The molecule has 0 saturated carbocycles. The summed E-state index contributed by atoms with van der Waals surface area (Å²) in [4.78, 5) is 15.4. The molecule has 3 aromatic carbocycles. The number of morpholine rings is 1. The Morgan fingerprint density at radius 1 is 1.00 bits per heavy atom. The van der Waals surface area contributed by atoms with E-state index >= 15 is 0 Å². The first-order valence-corrected chi connectivity index (χ1v) is 13.0. The van der Waals surface area contributed by atoms with Crippen molar-refractivity contribution in [2.75, 3.05) is 39.4 Å². The number of carbonyl (C=O) groups is 1. The number of aromatic nitrogens is 1. The Balaban J connectivity index is 1.41. The van der Waals surface area contributed by atoms with Crippen LogP contribution >= 0.6 is 0 Å². The van der Waals surface area contributed by atoms with Crippen LogP contribution in [0.25, 0.3) is 10.9 Å². The van der Waals surface area contributed by atoms with Crippen molar-refractivity contribution in [3.8, 4) is 0 Å². The molecule has 192 valence electrons. The monoisotopic (exact) mass is 499 g/mol. The van der Waals surface area contributed by atoms with Gasteiger partial charge < -0.3 is 14.6 Å². The van der Waals surface area contributed by atoms with E-state index in [2.05, 4.69) is 64.3 Å². The van der Waals surface area contributed by atoms with Gasteiger partial charge in [0.05, 0.1) is 13.2 Å². The van der Waals surface area contributed by atoms with E-state index in [4.69, 9.17) is 4.74 Å². The third kappa shape index (κ3) is 6.27. The number of hydrogen-bond acceptors (Lipinski definition) is 3. The third-order valence-electron chi connectivity index (χ3n) is 7.18. The lowest BCUT2D eigenvalue weighted by molar-refractivity contribution is -0.121. The van der Waals surface area contributed by atoms with Crippen molar-refractivity contribution in [3.63, 3.8) is 0 Å². The smallest absolute Gasteiger partial charge is 0.220 e. The van der Waals surface area contributed by atoms with Crippen LogP contribution in [0.2, 0.25) is 0 Å². The Hall–Kier alpha value is -3.48. The van der Waals surface area contributed by atoms with E-state index in [1.54, 1.807) is 12.1 Å². The number of benzene rings is 3. The Morgan fingerprint density at radius 2 is 1.73 bits per heavy atom. The zero-order valence-electron chi connectivity index (χ0n) is 21.3. The highest BCUT2D eigenvalue weighted by Crippen LogP contribution is 2.35. The SMILES string of the molecule is Cc1ccc(Cn2cc([C@@H](CC(=O)NCCN3CCOCC3)c3ccc(F)cc3)c3ccccc32)cc1. The fourth-order valence-corrected chi connectivity index (χ4v) is 5.11. The minimum atomic E-state index is -0.278. The number of carbonyl (C=O) groups excluding carboxylic acids is 1. The van der Waals surface area contributed by atoms with Crippen LogP contribution in [0.4, 0.5) is 4.39 Å². The van der Waals surface area contributed by atoms with Gasteiger partial charge in [-0.15, -0.1) is 0 Å². The fraction of sp³-hybridized carbons (Fsp3) is 0.323. The molecule has 6 heteroatoms. The van der Waals surface area contributed by atoms with Crippen LogP contribution in [0, 0.1) is 12.7 Å². The molecule has 1 saturated heterocycles. The highest BCUT2D eigenvalue weighted by Gasteiger charge is 2.23. The zero-order valence-corrected chi connectivity index (χ0v) is 21.3. The second-order valence-electron chi connectivity index (χ2n) is 9.83. The van der Waals surface area contributed by atoms with Crippen molar-refractivity contribution >= 4 is 16.8 Å². The average molecular weight is 500 g/mol. The van der Waals surface area contributed by atoms with Gasteiger partial charge in [-0.25, -0.2) is 4.39 Å². The molecule has 1 fully saturated rings. The van der Waals surface area contributed by atoms with E-state index in [-0.39, 0.29) is 17.6 Å². The van der Waals surface area contributed by atoms with Crippen molar-refractivity contribution in [1.29, 1.82) is 0 Å². The normalized spacial score (nSPS) is 15.1. The molecule has 0 radical (unpaired) electrons. The molecule has 1 atom stereocenters. The van der Waals surface area contributed by atoms with E-state index in [0.717, 1.165) is 61.4 Å². The van der Waals surface area contributed by atoms with Gasteiger partial charge >= 0.3 is 0 Å². The summed E-state index contributed by atoms with van der Waals surface area (Å²) in [6, 6.07) is 23.4. The molecule has 4 aromatic rings. The first-order chi connectivity index (χ1) is 18.1. The van der Waals surface area contributed by atoms with Crippen LogP contribution in [0.5, 0.6) is 0 Å². The van der Waals surface area contributed by atoms with Crippen molar-refractivity contribution in [3.05, 3.63) is 107 Å². The minimum absolute atomic E-state index is 0.00190. The van der Waals surface area contributed by atoms with E-state index < -0.39 is 0 Å². The Morgan fingerprint density at radius 3 is 2.49 bits per heavy atom. The Labute approximate surface area is 217 Å². The number of ether oxygens (including phenoxy) is 1. The first-order valence-electron chi connectivity index (χ1n) is 13.0. The molecule has 2 heterocycles. The van der Waals surface area contributed by atoms with Gasteiger partial charge in [-0.2, -0.15) is 0 Å². The van der Waals surface area contributed by atoms with Gasteiger partial charge in [0.1, 0.15) is 5.82 Å². The Kier molecular flexibility index (Phi) is 7.97. The molecule has 0 spiro atoms. The lowest BCUT2D eigenvalue weighted by Gasteiger charge is -2.26. The number of nitrogens with one attached hydrogen (secondary N) is 1. The van der Waals surface area contributed by atoms with E-state index in [1.165, 1.54) is 23.3 Å². The van der Waals surface area contributed by atoms with Crippen LogP contribution < -0.4 is 5.32 Å². The largest absolute Gasteiger partial charge is 0.379 e. The summed E-state index contributed by atoms with van der Waals surface area (Å²) < 4.78 is 21.4. The molecule has 1 aromatic heterocycles. The van der Waals surface area contributed by atoms with Gasteiger partial charge in [-0.05, 0) is 41.8 Å². The minimum Gasteiger partial charge on any atom is -0.379 e. The number of halogens is 1. The highest BCUT2D eigenvalue weighted by molar-refractivity contribution is 5.86. The predicted molar refractivity (Wildman–Crippen MR) is 145 cm³/mol. The second-order valence-corrected chi connectivity index (χ2v) is 9.83. The summed E-state index contributed by atoms with van der Waals surface area (Å²) in [5.74, 6) is -0.467. The topological polar surface area (TPSA) is 46.5 Å². The van der Waals surface area contributed by atoms with E-state index in [1.807, 2.05) is 12.1 Å². The van der Waals surface area contributed by atoms with E-state index in [0.29, 0.717) is 13.0 Å². The summed E-state index contributed by atoms with van der Waals surface area (Å²) in [5, 5.41) is 4.22. The summed E-state index contributed by atoms with van der Waals surface area (Å²) in [5.41, 5.74) is 5.59. The van der Waals surface area contributed by atoms with Crippen molar-refractivity contribution in [2.24, 2.45) is 0 Å². The van der Waals surface area contributed by atoms with E-state index in [9.17, 15) is 9.18 Å². The van der Waals surface area contributed by atoms with Crippen molar-refractivity contribution in [1.82, 2.24) is 14.8 Å². The third-order valence-corrected chi connectivity index (χ3v) is 7.18. The molecule has 0 bridgehead atoms. The average Bonchev–Trinajstić information content (AvgIpc) is 3.28. The summed E-state index contributed by atoms with van der Waals surface area (Å²) in [6.45, 7) is 7.52. The molecular formula is C31H34FN3O2. The molecule has 0 aliphatic carbocycles. The predicted octanol–water partition coefficient (Wildman–Crippen LogP) is 5.11. The van der Waals surface area contributed by atoms with Crippen LogP contribution in [0.3, 0.4) is 0 Å². The fourth-order valence-electron chi connectivity index (χ4n) is 5.11. The number of para-hydroxylation sites is 1. The van der Waals surface area contributed by atoms with Crippen molar-refractivity contribution in [2.45, 2.75) is 25.8 Å². The maximum Gasteiger partial charge on any atom is 0.220 e. The van der Waals surface area contributed by atoms with Gasteiger partial charge in [-0.1, -0.05) is 60.2 Å². The number of fused-ring (bicyclic) bond motifs is 1. The lowest BCUT2D eigenvalue weighted by atomic mass is 9.88. The van der Waals surface area contributed by atoms with Gasteiger partial charge in [0, 0.05) is 62.2 Å². The van der Waals surface area contributed by atoms with Crippen LogP contribution in [-0.2, 0) is 16.1 Å². The van der Waals surface area contributed by atoms with Crippen molar-refractivity contribution < 1.29 is 13.9 Å². The summed E-state index contributed by atoms with van der Waals surface area (Å²) in [7, 11) is 0. The van der Waals surface area contributed by atoms with Gasteiger partial charge in [0.15, 0.2) is 0 Å². The molecule has 5 nitrogen and oxygen atoms in total. The number of nitrogens with zero attached hydrogens (tertiary/aromatic N) is 2. The van der Waals surface area contributed by atoms with Crippen LogP contribution in [-0.4, -0.2) is 54.8 Å². The quantitative estimate of drug-likeness (QED) is 0.348. The van der Waals surface area contributed by atoms with Crippen LogP contribution in [0.15, 0.2) is 79.0 Å². The number of hydrogen-bond donors (Lipinski definition) is 1. The zero-order chi connectivity index (χ0) is 25.6. The molecule has 1 aliphatic heterocycles. The van der Waals surface area contributed by atoms with Gasteiger partial charge in [-0.3, -0.25) is 9.69 Å². The number of rotatable bonds is 9. The summed E-state index contributed by atoms with van der Waals surface area (Å²) in [6.07, 6.45) is 2.47. The molecular weight excluding hydrogens is 465 g/mol. The van der Waals surface area contributed by atoms with Gasteiger partial charge in [0.25, 0.3) is 0 Å². The highest BCUT2D eigenvalue weighted by atomic mass is 19.1. The molecule has 0 unspecified atom stereocenters. The molecule has 37 heavy (non-hydrogen) atoms. The standard InChI is InChI=1S/C31H34FN3O2/c1-23-6-8-24(9-7-23)21-35-22-29(27-4-2-3-5-30(27)35)28(25-10-12-26(32)13-11-25)20-31(36)33-14-15-34-16-18-37-19-17-34/h2-13,22,28H,14-21H2,1H3,(H,33,36)/t28-/m0/s1. The molecule has 1 amide bonds. The number of amides is 1. The van der Waals surface area contributed by atoms with Crippen LogP contribution in [0.1, 0.15) is 34.6 Å². The number of aryl methyl sites for hydroxylation is 1. The molecule has 5 rings (SSSR count). The second kappa shape index (κ2) is 11.7. The van der Waals surface area contributed by atoms with Gasteiger partial charge in [0.2, 0.25) is 5.91 Å². The lowest BCUT2D eigenvalue weighted by Crippen LogP contribution is -2.41. The Bertz CT molecular complexity index is 1330. The maximum absolute atomic E-state index is 13.8.